The number of alkyl halides is 3. The number of hydrogen-bond donors (Lipinski definition) is 0. The fraction of sp³-hybridized carbons (Fsp3) is 0.440. The number of rotatable bonds is 5. The minimum Gasteiger partial charge on any atom is -0.334 e. The fourth-order valence-electron chi connectivity index (χ4n) is 4.63. The van der Waals surface area contributed by atoms with Crippen molar-refractivity contribution in [3.8, 4) is 11.1 Å². The first kappa shape index (κ1) is 23.9. The van der Waals surface area contributed by atoms with Gasteiger partial charge in [0.2, 0.25) is 0 Å². The molecule has 0 spiro atoms. The predicted octanol–water partition coefficient (Wildman–Crippen LogP) is 5.08. The molecule has 4 heterocycles. The minimum atomic E-state index is -4.40. The highest BCUT2D eigenvalue weighted by atomic mass is 19.4. The van der Waals surface area contributed by atoms with Crippen LogP contribution in [0.15, 0.2) is 42.9 Å². The predicted molar refractivity (Wildman–Crippen MR) is 122 cm³/mol. The molecular weight excluding hydrogens is 443 g/mol. The second-order valence-electron chi connectivity index (χ2n) is 9.01. The monoisotopic (exact) mass is 471 g/mol. The van der Waals surface area contributed by atoms with Crippen LogP contribution in [0.5, 0.6) is 0 Å². The largest absolute Gasteiger partial charge is 0.417 e. The lowest BCUT2D eigenvalue weighted by atomic mass is 9.87. The Hall–Kier alpha value is -3.23. The highest BCUT2D eigenvalue weighted by molar-refractivity contribution is 5.99. The van der Waals surface area contributed by atoms with E-state index < -0.39 is 11.7 Å². The zero-order valence-corrected chi connectivity index (χ0v) is 19.5. The van der Waals surface area contributed by atoms with Crippen molar-refractivity contribution >= 4 is 5.91 Å². The first-order valence-electron chi connectivity index (χ1n) is 11.4. The van der Waals surface area contributed by atoms with Gasteiger partial charge >= 0.3 is 6.18 Å². The van der Waals surface area contributed by atoms with Gasteiger partial charge in [-0.25, -0.2) is 4.98 Å². The maximum absolute atomic E-state index is 13.8. The van der Waals surface area contributed by atoms with Gasteiger partial charge < -0.3 is 4.90 Å². The molecule has 1 fully saturated rings. The average molecular weight is 472 g/mol. The summed E-state index contributed by atoms with van der Waals surface area (Å²) in [4.78, 5) is 24.3. The second kappa shape index (κ2) is 9.56. The number of piperidine rings is 1. The van der Waals surface area contributed by atoms with E-state index in [1.54, 1.807) is 10.9 Å². The van der Waals surface area contributed by atoms with Gasteiger partial charge in [-0.15, -0.1) is 0 Å². The molecule has 0 aromatic carbocycles. The van der Waals surface area contributed by atoms with Crippen molar-refractivity contribution in [1.82, 2.24) is 24.6 Å². The number of aromatic nitrogens is 4. The van der Waals surface area contributed by atoms with Gasteiger partial charge in [0.25, 0.3) is 5.91 Å². The van der Waals surface area contributed by atoms with Crippen LogP contribution in [0.3, 0.4) is 0 Å². The molecule has 34 heavy (non-hydrogen) atoms. The molecule has 2 atom stereocenters. The Morgan fingerprint density at radius 3 is 2.62 bits per heavy atom. The van der Waals surface area contributed by atoms with Crippen molar-refractivity contribution in [3.63, 3.8) is 0 Å². The highest BCUT2D eigenvalue weighted by Crippen LogP contribution is 2.31. The van der Waals surface area contributed by atoms with E-state index in [0.717, 1.165) is 41.9 Å². The van der Waals surface area contributed by atoms with Crippen molar-refractivity contribution in [2.75, 3.05) is 6.54 Å². The van der Waals surface area contributed by atoms with Gasteiger partial charge in [0, 0.05) is 54.5 Å². The van der Waals surface area contributed by atoms with Crippen LogP contribution in [0.1, 0.15) is 53.6 Å². The highest BCUT2D eigenvalue weighted by Gasteiger charge is 2.34. The Bertz CT molecular complexity index is 1160. The number of likely N-dealkylation sites (tertiary alicyclic amines) is 1. The molecule has 3 aromatic heterocycles. The van der Waals surface area contributed by atoms with Gasteiger partial charge in [-0.3, -0.25) is 14.5 Å². The van der Waals surface area contributed by atoms with Crippen LogP contribution in [0, 0.1) is 12.8 Å². The molecule has 0 radical (unpaired) electrons. The van der Waals surface area contributed by atoms with Crippen LogP contribution in [0.25, 0.3) is 11.1 Å². The molecule has 3 aromatic rings. The molecule has 1 amide bonds. The number of nitrogens with zero attached hydrogens (tertiary/aromatic N) is 5. The van der Waals surface area contributed by atoms with Crippen molar-refractivity contribution in [1.29, 1.82) is 0 Å². The number of carbonyl (C=O) groups excluding carboxylic acids is 1. The summed E-state index contributed by atoms with van der Waals surface area (Å²) in [6, 6.07) is 6.22. The maximum atomic E-state index is 13.8. The Balaban J connectivity index is 1.57. The molecule has 0 N–H and O–H groups in total. The molecular formula is C25H28F3N5O. The van der Waals surface area contributed by atoms with E-state index in [2.05, 4.69) is 22.0 Å². The normalized spacial score (nSPS) is 18.8. The summed E-state index contributed by atoms with van der Waals surface area (Å²) in [5, 5.41) is 4.23. The quantitative estimate of drug-likeness (QED) is 0.521. The minimum absolute atomic E-state index is 0.0468. The molecule has 0 unspecified atom stereocenters. The van der Waals surface area contributed by atoms with Gasteiger partial charge in [0.05, 0.1) is 11.8 Å². The van der Waals surface area contributed by atoms with Gasteiger partial charge in [-0.05, 0) is 56.7 Å². The van der Waals surface area contributed by atoms with Crippen LogP contribution in [0.2, 0.25) is 0 Å². The summed E-state index contributed by atoms with van der Waals surface area (Å²) in [6.07, 6.45) is 3.05. The summed E-state index contributed by atoms with van der Waals surface area (Å²) in [5.74, 6) is 0.137. The molecule has 1 aliphatic rings. The number of pyridine rings is 2. The average Bonchev–Trinajstić information content (AvgIpc) is 3.23. The topological polar surface area (TPSA) is 63.9 Å². The SMILES string of the molecule is Cc1ccc(-c2cnn(C)c2)c(C(=O)N2CCC[C@@H](C)[C@H]2CCc2ccc(C(F)(F)F)cn2)n1. The van der Waals surface area contributed by atoms with E-state index in [0.29, 0.717) is 30.8 Å². The van der Waals surface area contributed by atoms with Crippen molar-refractivity contribution < 1.29 is 18.0 Å². The third-order valence-corrected chi connectivity index (χ3v) is 6.48. The third kappa shape index (κ3) is 5.13. The first-order valence-corrected chi connectivity index (χ1v) is 11.4. The summed E-state index contributed by atoms with van der Waals surface area (Å²) in [5.41, 5.74) is 2.56. The summed E-state index contributed by atoms with van der Waals surface area (Å²) in [6.45, 7) is 4.60. The Labute approximate surface area is 196 Å². The van der Waals surface area contributed by atoms with Crippen LogP contribution in [-0.4, -0.2) is 43.1 Å². The smallest absolute Gasteiger partial charge is 0.334 e. The van der Waals surface area contributed by atoms with Gasteiger partial charge in [0.1, 0.15) is 5.69 Å². The van der Waals surface area contributed by atoms with Gasteiger partial charge in [-0.2, -0.15) is 18.3 Å². The van der Waals surface area contributed by atoms with Crippen LogP contribution < -0.4 is 0 Å². The van der Waals surface area contributed by atoms with Crippen molar-refractivity contribution in [3.05, 3.63) is 65.5 Å². The van der Waals surface area contributed by atoms with E-state index in [4.69, 9.17) is 0 Å². The number of halogens is 3. The summed E-state index contributed by atoms with van der Waals surface area (Å²) >= 11 is 0. The summed E-state index contributed by atoms with van der Waals surface area (Å²) < 4.78 is 40.2. The second-order valence-corrected chi connectivity index (χ2v) is 9.01. The number of aryl methyl sites for hydroxylation is 3. The van der Waals surface area contributed by atoms with E-state index in [9.17, 15) is 18.0 Å². The zero-order valence-electron chi connectivity index (χ0n) is 19.5. The third-order valence-electron chi connectivity index (χ3n) is 6.48. The number of hydrogen-bond acceptors (Lipinski definition) is 4. The molecule has 4 rings (SSSR count). The lowest BCUT2D eigenvalue weighted by Gasteiger charge is -2.40. The van der Waals surface area contributed by atoms with Crippen LogP contribution in [-0.2, 0) is 19.6 Å². The maximum Gasteiger partial charge on any atom is 0.417 e. The first-order chi connectivity index (χ1) is 16.1. The lowest BCUT2D eigenvalue weighted by Crippen LogP contribution is -2.48. The zero-order chi connectivity index (χ0) is 24.5. The molecule has 0 saturated carbocycles. The van der Waals surface area contributed by atoms with Crippen LogP contribution in [0.4, 0.5) is 13.2 Å². The number of carbonyl (C=O) groups is 1. The molecule has 1 saturated heterocycles. The molecule has 9 heteroatoms. The van der Waals surface area contributed by atoms with Gasteiger partial charge in [0.15, 0.2) is 0 Å². The Morgan fingerprint density at radius 1 is 1.18 bits per heavy atom. The summed E-state index contributed by atoms with van der Waals surface area (Å²) in [7, 11) is 1.82. The van der Waals surface area contributed by atoms with Crippen molar-refractivity contribution in [2.24, 2.45) is 13.0 Å². The molecule has 6 nitrogen and oxygen atoms in total. The molecule has 0 bridgehead atoms. The molecule has 0 aliphatic carbocycles. The van der Waals surface area contributed by atoms with Gasteiger partial charge in [-0.1, -0.05) is 13.0 Å². The lowest BCUT2D eigenvalue weighted by molar-refractivity contribution is -0.137. The number of amides is 1. The van der Waals surface area contributed by atoms with E-state index in [1.165, 1.54) is 6.07 Å². The fourth-order valence-corrected chi connectivity index (χ4v) is 4.63. The van der Waals surface area contributed by atoms with E-state index in [-0.39, 0.29) is 17.9 Å². The molecule has 1 aliphatic heterocycles. The van der Waals surface area contributed by atoms with Crippen molar-refractivity contribution in [2.45, 2.75) is 51.7 Å². The van der Waals surface area contributed by atoms with Crippen LogP contribution >= 0.6 is 0 Å². The Morgan fingerprint density at radius 2 is 1.97 bits per heavy atom. The van der Waals surface area contributed by atoms with E-state index >= 15 is 0 Å². The Kier molecular flexibility index (Phi) is 6.72. The van der Waals surface area contributed by atoms with E-state index in [1.807, 2.05) is 37.2 Å². The standard InChI is InChI=1S/C25H28F3N5O/c1-16-5-4-12-33(22(16)11-9-20-8-7-19(14-29-20)25(26,27)28)24(34)23-21(10-6-17(2)31-23)18-13-30-32(3)15-18/h6-8,10,13-16,22H,4-5,9,11-12H2,1-3H3/t16-,22-/m1/s1. The molecule has 180 valence electrons.